The molecular formula is C13H15N3O2S. The molecule has 0 bridgehead atoms. The van der Waals surface area contributed by atoms with Crippen molar-refractivity contribution in [1.29, 1.82) is 0 Å². The minimum atomic E-state index is -0.479. The van der Waals surface area contributed by atoms with E-state index in [9.17, 15) is 4.79 Å². The molecule has 0 saturated heterocycles. The number of nitrogens with two attached hydrogens (primary N) is 1. The highest BCUT2D eigenvalue weighted by Crippen LogP contribution is 2.28. The van der Waals surface area contributed by atoms with Gasteiger partial charge in [-0.15, -0.1) is 0 Å². The second-order valence-electron chi connectivity index (χ2n) is 4.21. The van der Waals surface area contributed by atoms with Gasteiger partial charge in [-0.3, -0.25) is 4.79 Å². The van der Waals surface area contributed by atoms with Gasteiger partial charge in [0.2, 0.25) is 5.91 Å². The maximum Gasteiger partial charge on any atom is 0.248 e. The Morgan fingerprint density at radius 2 is 2.21 bits per heavy atom. The third-order valence-electron chi connectivity index (χ3n) is 2.96. The van der Waals surface area contributed by atoms with E-state index in [-0.39, 0.29) is 6.04 Å². The lowest BCUT2D eigenvalue weighted by atomic mass is 9.95. The Bertz CT molecular complexity index is 569. The van der Waals surface area contributed by atoms with E-state index in [1.807, 2.05) is 24.3 Å². The molecule has 1 atom stereocenters. The van der Waals surface area contributed by atoms with E-state index in [4.69, 9.17) is 22.7 Å². The van der Waals surface area contributed by atoms with Crippen LogP contribution in [0.25, 0.3) is 0 Å². The number of thiocarbonyl (C=S) groups is 1. The molecule has 19 heavy (non-hydrogen) atoms. The molecule has 6 heteroatoms. The predicted molar refractivity (Wildman–Crippen MR) is 76.5 cm³/mol. The van der Waals surface area contributed by atoms with Crippen LogP contribution in [0.2, 0.25) is 0 Å². The van der Waals surface area contributed by atoms with Crippen LogP contribution in [0.5, 0.6) is 5.75 Å². The number of nitrogens with one attached hydrogen (secondary N) is 2. The first-order valence-corrected chi connectivity index (χ1v) is 6.15. The smallest absolute Gasteiger partial charge is 0.248 e. The van der Waals surface area contributed by atoms with E-state index >= 15 is 0 Å². The lowest BCUT2D eigenvalue weighted by Crippen LogP contribution is -2.46. The Labute approximate surface area is 116 Å². The molecule has 0 saturated carbocycles. The van der Waals surface area contributed by atoms with Crippen LogP contribution >= 0.6 is 12.2 Å². The summed E-state index contributed by atoms with van der Waals surface area (Å²) < 4.78 is 5.19. The van der Waals surface area contributed by atoms with Crippen LogP contribution < -0.4 is 21.1 Å². The number of carbonyl (C=O) groups is 1. The molecule has 0 spiro atoms. The first-order valence-electron chi connectivity index (χ1n) is 5.75. The fourth-order valence-electron chi connectivity index (χ4n) is 2.09. The van der Waals surface area contributed by atoms with Gasteiger partial charge in [-0.25, -0.2) is 0 Å². The summed E-state index contributed by atoms with van der Waals surface area (Å²) in [5, 5.41) is 6.43. The monoisotopic (exact) mass is 277 g/mol. The van der Waals surface area contributed by atoms with Crippen molar-refractivity contribution in [3.8, 4) is 5.75 Å². The van der Waals surface area contributed by atoms with Crippen molar-refractivity contribution in [2.75, 3.05) is 7.11 Å². The van der Waals surface area contributed by atoms with Crippen molar-refractivity contribution in [3.63, 3.8) is 0 Å². The van der Waals surface area contributed by atoms with Crippen LogP contribution in [-0.4, -0.2) is 18.1 Å². The molecule has 2 rings (SSSR count). The van der Waals surface area contributed by atoms with Crippen LogP contribution in [0.4, 0.5) is 0 Å². The third kappa shape index (κ3) is 2.68. The SMILES string of the molecule is COc1cccc(C2NC(=S)NC(C)=C2C(N)=O)c1. The predicted octanol–water partition coefficient (Wildman–Crippen LogP) is 0.973. The average Bonchev–Trinajstić information content (AvgIpc) is 2.37. The maximum atomic E-state index is 11.6. The first-order chi connectivity index (χ1) is 9.02. The molecule has 1 heterocycles. The summed E-state index contributed by atoms with van der Waals surface area (Å²) >= 11 is 5.12. The second-order valence-corrected chi connectivity index (χ2v) is 4.62. The van der Waals surface area contributed by atoms with Gasteiger partial charge in [0.25, 0.3) is 0 Å². The van der Waals surface area contributed by atoms with Crippen LogP contribution in [0.1, 0.15) is 18.5 Å². The number of hydrogen-bond donors (Lipinski definition) is 3. The Morgan fingerprint density at radius 3 is 2.84 bits per heavy atom. The summed E-state index contributed by atoms with van der Waals surface area (Å²) in [5.74, 6) is 0.234. The highest BCUT2D eigenvalue weighted by Gasteiger charge is 2.28. The Balaban J connectivity index is 2.48. The Kier molecular flexibility index (Phi) is 3.71. The number of ether oxygens (including phenoxy) is 1. The van der Waals surface area contributed by atoms with E-state index < -0.39 is 5.91 Å². The molecule has 1 aromatic rings. The second kappa shape index (κ2) is 5.27. The van der Waals surface area contributed by atoms with Crippen molar-refractivity contribution < 1.29 is 9.53 Å². The molecule has 1 unspecified atom stereocenters. The molecular weight excluding hydrogens is 262 g/mol. The number of amides is 1. The zero-order chi connectivity index (χ0) is 14.0. The molecule has 5 nitrogen and oxygen atoms in total. The molecule has 0 aromatic heterocycles. The molecule has 1 aromatic carbocycles. The summed E-state index contributed by atoms with van der Waals surface area (Å²) in [6.45, 7) is 1.78. The summed E-state index contributed by atoms with van der Waals surface area (Å²) in [4.78, 5) is 11.6. The fraction of sp³-hybridized carbons (Fsp3) is 0.231. The number of methoxy groups -OCH3 is 1. The van der Waals surface area contributed by atoms with E-state index in [0.29, 0.717) is 22.1 Å². The van der Waals surface area contributed by atoms with Gasteiger partial charge >= 0.3 is 0 Å². The van der Waals surface area contributed by atoms with Gasteiger partial charge in [0, 0.05) is 5.70 Å². The summed E-state index contributed by atoms with van der Waals surface area (Å²) in [7, 11) is 1.59. The first kappa shape index (κ1) is 13.4. The van der Waals surface area contributed by atoms with Gasteiger partial charge in [0.15, 0.2) is 5.11 Å². The van der Waals surface area contributed by atoms with Gasteiger partial charge in [-0.2, -0.15) is 0 Å². The molecule has 100 valence electrons. The lowest BCUT2D eigenvalue weighted by Gasteiger charge is -2.29. The van der Waals surface area contributed by atoms with Crippen LogP contribution in [0, 0.1) is 0 Å². The molecule has 0 fully saturated rings. The number of carbonyl (C=O) groups excluding carboxylic acids is 1. The van der Waals surface area contributed by atoms with Gasteiger partial charge in [-0.1, -0.05) is 12.1 Å². The molecule has 4 N–H and O–H groups in total. The molecule has 1 amide bonds. The minimum absolute atomic E-state index is 0.360. The molecule has 0 aliphatic carbocycles. The summed E-state index contributed by atoms with van der Waals surface area (Å²) in [6.07, 6.45) is 0. The number of benzene rings is 1. The fourth-order valence-corrected chi connectivity index (χ4v) is 2.36. The van der Waals surface area contributed by atoms with Crippen LogP contribution in [0.15, 0.2) is 35.5 Å². The van der Waals surface area contributed by atoms with Crippen LogP contribution in [-0.2, 0) is 4.79 Å². The number of primary amides is 1. The van der Waals surface area contributed by atoms with Crippen molar-refractivity contribution in [2.24, 2.45) is 5.73 Å². The highest BCUT2D eigenvalue weighted by molar-refractivity contribution is 7.80. The number of rotatable bonds is 3. The van der Waals surface area contributed by atoms with Crippen LogP contribution in [0.3, 0.4) is 0 Å². The molecule has 1 aliphatic rings. The largest absolute Gasteiger partial charge is 0.497 e. The lowest BCUT2D eigenvalue weighted by molar-refractivity contribution is -0.115. The highest BCUT2D eigenvalue weighted by atomic mass is 32.1. The Hall–Kier alpha value is -2.08. The molecule has 0 radical (unpaired) electrons. The van der Waals surface area contributed by atoms with E-state index in [2.05, 4.69) is 10.6 Å². The summed E-state index contributed by atoms with van der Waals surface area (Å²) in [5.41, 5.74) is 7.47. The standard InChI is InChI=1S/C13H15N3O2S/c1-7-10(12(14)17)11(16-13(19)15-7)8-4-3-5-9(6-8)18-2/h3-6,11H,1-2H3,(H2,14,17)(H2,15,16,19). The number of hydrogen-bond acceptors (Lipinski definition) is 3. The average molecular weight is 277 g/mol. The normalized spacial score (nSPS) is 18.6. The third-order valence-corrected chi connectivity index (χ3v) is 3.18. The zero-order valence-electron chi connectivity index (χ0n) is 10.7. The Morgan fingerprint density at radius 1 is 1.47 bits per heavy atom. The van der Waals surface area contributed by atoms with Gasteiger partial charge in [0.1, 0.15) is 5.75 Å². The van der Waals surface area contributed by atoms with Gasteiger partial charge in [0.05, 0.1) is 18.7 Å². The zero-order valence-corrected chi connectivity index (χ0v) is 11.5. The topological polar surface area (TPSA) is 76.4 Å². The van der Waals surface area contributed by atoms with E-state index in [1.165, 1.54) is 0 Å². The van der Waals surface area contributed by atoms with E-state index in [1.54, 1.807) is 14.0 Å². The van der Waals surface area contributed by atoms with Gasteiger partial charge in [-0.05, 0) is 36.8 Å². The van der Waals surface area contributed by atoms with Crippen molar-refractivity contribution in [2.45, 2.75) is 13.0 Å². The minimum Gasteiger partial charge on any atom is -0.497 e. The van der Waals surface area contributed by atoms with Crippen molar-refractivity contribution in [3.05, 3.63) is 41.1 Å². The maximum absolute atomic E-state index is 11.6. The quantitative estimate of drug-likeness (QED) is 0.718. The van der Waals surface area contributed by atoms with E-state index in [0.717, 1.165) is 5.56 Å². The van der Waals surface area contributed by atoms with Gasteiger partial charge < -0.3 is 21.1 Å². The molecule has 1 aliphatic heterocycles. The summed E-state index contributed by atoms with van der Waals surface area (Å²) in [6, 6.07) is 7.08. The van der Waals surface area contributed by atoms with Crippen molar-refractivity contribution in [1.82, 2.24) is 10.6 Å². The van der Waals surface area contributed by atoms with Crippen molar-refractivity contribution >= 4 is 23.2 Å². The number of allylic oxidation sites excluding steroid dienone is 1.